The standard InChI is InChI=1S/C30H35NO8/c1-34-25-15-21(16-26(18-25)35-2)17-27(30(33)37-4)22-9-11-24(12-10-22)39-20-23(32)19-31-13-14-38-29-8-6-5-7-28(29)36-3/h5-12,15-18,23,31-32H,13-14,19-20H2,1-4H3/b27-17+. The first-order valence-corrected chi connectivity index (χ1v) is 12.4. The molecule has 0 amide bonds. The van der Waals surface area contributed by atoms with Crippen molar-refractivity contribution < 1.29 is 38.3 Å². The van der Waals surface area contributed by atoms with Gasteiger partial charge in [0.05, 0.1) is 34.0 Å². The van der Waals surface area contributed by atoms with Crippen LogP contribution in [-0.4, -0.2) is 71.9 Å². The number of nitrogens with one attached hydrogen (secondary N) is 1. The van der Waals surface area contributed by atoms with Crippen molar-refractivity contribution in [2.24, 2.45) is 0 Å². The summed E-state index contributed by atoms with van der Waals surface area (Å²) in [6, 6.07) is 19.8. The number of aliphatic hydroxyl groups excluding tert-OH is 1. The fourth-order valence-electron chi connectivity index (χ4n) is 3.67. The number of methoxy groups -OCH3 is 4. The Balaban J connectivity index is 1.52. The van der Waals surface area contributed by atoms with Gasteiger partial charge in [0, 0.05) is 19.2 Å². The summed E-state index contributed by atoms with van der Waals surface area (Å²) >= 11 is 0. The van der Waals surface area contributed by atoms with Crippen molar-refractivity contribution in [1.82, 2.24) is 5.32 Å². The van der Waals surface area contributed by atoms with Crippen LogP contribution in [0.25, 0.3) is 11.6 Å². The van der Waals surface area contributed by atoms with Gasteiger partial charge in [0.15, 0.2) is 11.5 Å². The first-order valence-electron chi connectivity index (χ1n) is 12.4. The van der Waals surface area contributed by atoms with E-state index < -0.39 is 12.1 Å². The van der Waals surface area contributed by atoms with E-state index in [-0.39, 0.29) is 6.61 Å². The number of carbonyl (C=O) groups is 1. The lowest BCUT2D eigenvalue weighted by molar-refractivity contribution is -0.133. The molecule has 1 atom stereocenters. The Kier molecular flexibility index (Phi) is 11.5. The number of hydrogen-bond donors (Lipinski definition) is 2. The fourth-order valence-corrected chi connectivity index (χ4v) is 3.67. The molecule has 3 aromatic carbocycles. The molecule has 9 nitrogen and oxygen atoms in total. The molecule has 39 heavy (non-hydrogen) atoms. The van der Waals surface area contributed by atoms with Gasteiger partial charge in [0.2, 0.25) is 0 Å². The average Bonchev–Trinajstić information content (AvgIpc) is 2.98. The maximum Gasteiger partial charge on any atom is 0.338 e. The van der Waals surface area contributed by atoms with Gasteiger partial charge in [-0.3, -0.25) is 0 Å². The summed E-state index contributed by atoms with van der Waals surface area (Å²) in [7, 11) is 6.06. The number of para-hydroxylation sites is 2. The molecule has 0 spiro atoms. The number of carbonyl (C=O) groups excluding carboxylic acids is 1. The predicted molar refractivity (Wildman–Crippen MR) is 149 cm³/mol. The number of ether oxygens (including phenoxy) is 6. The molecule has 0 fully saturated rings. The lowest BCUT2D eigenvalue weighted by Gasteiger charge is -2.15. The Morgan fingerprint density at radius 2 is 1.51 bits per heavy atom. The van der Waals surface area contributed by atoms with Crippen LogP contribution in [-0.2, 0) is 9.53 Å². The third-order valence-electron chi connectivity index (χ3n) is 5.68. The highest BCUT2D eigenvalue weighted by molar-refractivity contribution is 6.21. The van der Waals surface area contributed by atoms with Gasteiger partial charge in [0.25, 0.3) is 0 Å². The van der Waals surface area contributed by atoms with E-state index >= 15 is 0 Å². The van der Waals surface area contributed by atoms with Crippen LogP contribution in [0.15, 0.2) is 66.7 Å². The Labute approximate surface area is 228 Å². The Morgan fingerprint density at radius 1 is 0.846 bits per heavy atom. The third-order valence-corrected chi connectivity index (χ3v) is 5.68. The summed E-state index contributed by atoms with van der Waals surface area (Å²) in [5, 5.41) is 13.4. The lowest BCUT2D eigenvalue weighted by Crippen LogP contribution is -2.33. The molecule has 9 heteroatoms. The molecule has 3 aromatic rings. The molecular weight excluding hydrogens is 502 g/mol. The van der Waals surface area contributed by atoms with Gasteiger partial charge in [-0.25, -0.2) is 4.79 Å². The molecule has 0 heterocycles. The fraction of sp³-hybridized carbons (Fsp3) is 0.300. The van der Waals surface area contributed by atoms with Crippen LogP contribution in [0, 0.1) is 0 Å². The van der Waals surface area contributed by atoms with Gasteiger partial charge in [-0.15, -0.1) is 0 Å². The molecule has 0 saturated heterocycles. The largest absolute Gasteiger partial charge is 0.497 e. The predicted octanol–water partition coefficient (Wildman–Crippen LogP) is 3.83. The van der Waals surface area contributed by atoms with E-state index in [2.05, 4.69) is 5.32 Å². The summed E-state index contributed by atoms with van der Waals surface area (Å²) < 4.78 is 32.3. The highest BCUT2D eigenvalue weighted by atomic mass is 16.5. The van der Waals surface area contributed by atoms with Gasteiger partial charge in [0.1, 0.15) is 36.6 Å². The highest BCUT2D eigenvalue weighted by Crippen LogP contribution is 2.28. The molecule has 0 aromatic heterocycles. The summed E-state index contributed by atoms with van der Waals surface area (Å²) in [4.78, 5) is 12.5. The minimum absolute atomic E-state index is 0.100. The second-order valence-electron chi connectivity index (χ2n) is 8.39. The van der Waals surface area contributed by atoms with Crippen molar-refractivity contribution in [3.05, 3.63) is 77.9 Å². The maximum absolute atomic E-state index is 12.5. The van der Waals surface area contributed by atoms with E-state index in [1.807, 2.05) is 24.3 Å². The maximum atomic E-state index is 12.5. The Hall–Kier alpha value is -4.21. The van der Waals surface area contributed by atoms with Crippen LogP contribution < -0.4 is 29.0 Å². The molecule has 1 unspecified atom stereocenters. The molecule has 0 aliphatic rings. The Bertz CT molecular complexity index is 1200. The van der Waals surface area contributed by atoms with Crippen LogP contribution in [0.5, 0.6) is 28.7 Å². The van der Waals surface area contributed by atoms with Gasteiger partial charge < -0.3 is 38.8 Å². The SMILES string of the molecule is COC(=O)/C(=C/c1cc(OC)cc(OC)c1)c1ccc(OCC(O)CNCCOc2ccccc2OC)cc1. The Morgan fingerprint density at radius 3 is 2.13 bits per heavy atom. The second kappa shape index (κ2) is 15.3. The summed E-state index contributed by atoms with van der Waals surface area (Å²) in [5.41, 5.74) is 1.73. The molecule has 3 rings (SSSR count). The van der Waals surface area contributed by atoms with Gasteiger partial charge >= 0.3 is 5.97 Å². The molecule has 0 radical (unpaired) electrons. The molecule has 0 aliphatic heterocycles. The zero-order valence-electron chi connectivity index (χ0n) is 22.6. The summed E-state index contributed by atoms with van der Waals surface area (Å²) in [6.07, 6.45) is 0.990. The number of benzene rings is 3. The first-order chi connectivity index (χ1) is 19.0. The average molecular weight is 538 g/mol. The monoisotopic (exact) mass is 537 g/mol. The molecule has 0 saturated carbocycles. The highest BCUT2D eigenvalue weighted by Gasteiger charge is 2.14. The number of hydrogen-bond acceptors (Lipinski definition) is 9. The van der Waals surface area contributed by atoms with Crippen LogP contribution in [0.1, 0.15) is 11.1 Å². The number of rotatable bonds is 15. The molecular formula is C30H35NO8. The number of esters is 1. The zero-order valence-corrected chi connectivity index (χ0v) is 22.6. The van der Waals surface area contributed by atoms with Crippen molar-refractivity contribution in [3.8, 4) is 28.7 Å². The van der Waals surface area contributed by atoms with Crippen molar-refractivity contribution >= 4 is 17.6 Å². The molecule has 2 N–H and O–H groups in total. The number of aliphatic hydroxyl groups is 1. The lowest BCUT2D eigenvalue weighted by atomic mass is 10.0. The van der Waals surface area contributed by atoms with Crippen LogP contribution in [0.4, 0.5) is 0 Å². The van der Waals surface area contributed by atoms with Gasteiger partial charge in [-0.1, -0.05) is 24.3 Å². The van der Waals surface area contributed by atoms with Crippen molar-refractivity contribution in [2.75, 3.05) is 54.7 Å². The quantitative estimate of drug-likeness (QED) is 0.130. The van der Waals surface area contributed by atoms with Gasteiger partial charge in [-0.2, -0.15) is 0 Å². The van der Waals surface area contributed by atoms with E-state index in [1.165, 1.54) is 7.11 Å². The molecule has 0 bridgehead atoms. The van der Waals surface area contributed by atoms with Gasteiger partial charge in [-0.05, 0) is 53.6 Å². The summed E-state index contributed by atoms with van der Waals surface area (Å²) in [6.45, 7) is 1.41. The van der Waals surface area contributed by atoms with E-state index in [9.17, 15) is 9.90 Å². The van der Waals surface area contributed by atoms with E-state index in [4.69, 9.17) is 28.4 Å². The second-order valence-corrected chi connectivity index (χ2v) is 8.39. The third kappa shape index (κ3) is 8.94. The molecule has 0 aliphatic carbocycles. The normalized spacial score (nSPS) is 11.9. The zero-order chi connectivity index (χ0) is 28.0. The smallest absolute Gasteiger partial charge is 0.338 e. The van der Waals surface area contributed by atoms with E-state index in [0.29, 0.717) is 59.6 Å². The van der Waals surface area contributed by atoms with Crippen molar-refractivity contribution in [2.45, 2.75) is 6.10 Å². The topological polar surface area (TPSA) is 105 Å². The van der Waals surface area contributed by atoms with Crippen molar-refractivity contribution in [1.29, 1.82) is 0 Å². The first kappa shape index (κ1) is 29.3. The van der Waals surface area contributed by atoms with Crippen molar-refractivity contribution in [3.63, 3.8) is 0 Å². The van der Waals surface area contributed by atoms with Crippen LogP contribution in [0.3, 0.4) is 0 Å². The van der Waals surface area contributed by atoms with Crippen LogP contribution in [0.2, 0.25) is 0 Å². The molecule has 208 valence electrons. The van der Waals surface area contributed by atoms with E-state index in [1.54, 1.807) is 69.9 Å². The van der Waals surface area contributed by atoms with E-state index in [0.717, 1.165) is 5.56 Å². The van der Waals surface area contributed by atoms with Crippen LogP contribution >= 0.6 is 0 Å². The minimum atomic E-state index is -0.718. The summed E-state index contributed by atoms with van der Waals surface area (Å²) in [5.74, 6) is 2.62. The minimum Gasteiger partial charge on any atom is -0.497 e.